The van der Waals surface area contributed by atoms with Gasteiger partial charge in [-0.05, 0) is 0 Å². The van der Waals surface area contributed by atoms with Crippen LogP contribution in [0.2, 0.25) is 0 Å². The van der Waals surface area contributed by atoms with Gasteiger partial charge in [0, 0.05) is 0 Å². The number of halogens is 2. The number of allylic oxidation sites excluding steroid dienone is 2. The third kappa shape index (κ3) is 3.31. The summed E-state index contributed by atoms with van der Waals surface area (Å²) in [5.74, 6) is 2.32. The fraction of sp³-hybridized carbons (Fsp3) is 0.571. The van der Waals surface area contributed by atoms with E-state index in [9.17, 15) is 0 Å². The average molecular weight is 289 g/mol. The molecule has 0 bridgehead atoms. The van der Waals surface area contributed by atoms with Crippen molar-refractivity contribution in [3.8, 4) is 0 Å². The Morgan fingerprint density at radius 3 is 1.91 bits per heavy atom. The summed E-state index contributed by atoms with van der Waals surface area (Å²) in [5.41, 5.74) is 3.08. The third-order valence-electron chi connectivity index (χ3n) is 1.84. The van der Waals surface area contributed by atoms with E-state index in [0.29, 0.717) is 2.86 Å². The molecule has 0 aromatic heterocycles. The zero-order valence-electron chi connectivity index (χ0n) is 6.84. The second-order valence-electron chi connectivity index (χ2n) is 2.64. The van der Waals surface area contributed by atoms with E-state index in [-0.39, 0.29) is 24.8 Å². The van der Waals surface area contributed by atoms with E-state index in [4.69, 9.17) is 0 Å². The van der Waals surface area contributed by atoms with Crippen molar-refractivity contribution < 1.29 is 24.7 Å². The van der Waals surface area contributed by atoms with Crippen LogP contribution >= 0.6 is 33.0 Å². The first-order chi connectivity index (χ1) is 4.04. The van der Waals surface area contributed by atoms with E-state index >= 15 is 0 Å². The van der Waals surface area contributed by atoms with Crippen molar-refractivity contribution in [2.75, 3.05) is 0 Å². The molecule has 11 heavy (non-hydrogen) atoms. The molecule has 1 heterocycles. The van der Waals surface area contributed by atoms with Gasteiger partial charge in [-0.15, -0.1) is 24.8 Å². The Morgan fingerprint density at radius 1 is 1.36 bits per heavy atom. The van der Waals surface area contributed by atoms with Crippen molar-refractivity contribution in [3.05, 3.63) is 11.1 Å². The Kier molecular flexibility index (Phi) is 7.00. The van der Waals surface area contributed by atoms with Crippen molar-refractivity contribution >= 4 is 38.8 Å². The van der Waals surface area contributed by atoms with Gasteiger partial charge in [-0.3, -0.25) is 0 Å². The smallest absolute Gasteiger partial charge is 0.147 e. The van der Waals surface area contributed by atoms with E-state index < -0.39 is 0 Å². The van der Waals surface area contributed by atoms with Crippen molar-refractivity contribution in [1.29, 1.82) is 0 Å². The first-order valence-corrected chi connectivity index (χ1v) is 5.21. The molecule has 63 valence electrons. The van der Waals surface area contributed by atoms with Crippen LogP contribution in [0.15, 0.2) is 11.1 Å². The van der Waals surface area contributed by atoms with Crippen molar-refractivity contribution in [2.24, 2.45) is 0 Å². The van der Waals surface area contributed by atoms with Crippen LogP contribution in [0.25, 0.3) is 0 Å². The summed E-state index contributed by atoms with van der Waals surface area (Å²) in [7, 11) is 1.50. The first kappa shape index (κ1) is 14.9. The van der Waals surface area contributed by atoms with Gasteiger partial charge in [-0.2, -0.15) is 0 Å². The van der Waals surface area contributed by atoms with E-state index in [2.05, 4.69) is 26.6 Å². The van der Waals surface area contributed by atoms with Gasteiger partial charge < -0.3 is 0 Å². The molecule has 0 aliphatic carbocycles. The molecular weight excluding hydrogens is 277 g/mol. The Morgan fingerprint density at radius 2 is 1.82 bits per heavy atom. The summed E-state index contributed by atoms with van der Waals surface area (Å²) in [6.07, 6.45) is 0. The summed E-state index contributed by atoms with van der Waals surface area (Å²) in [5, 5.41) is 0. The van der Waals surface area contributed by atoms with E-state index in [1.165, 1.54) is 13.8 Å². The van der Waals surface area contributed by atoms with Gasteiger partial charge in [0.05, 0.1) is 0 Å². The van der Waals surface area contributed by atoms with E-state index in [0.717, 1.165) is 0 Å². The van der Waals surface area contributed by atoms with Crippen LogP contribution in [0.5, 0.6) is 0 Å². The summed E-state index contributed by atoms with van der Waals surface area (Å²) in [4.78, 5) is 0. The van der Waals surface area contributed by atoms with Crippen molar-refractivity contribution in [2.45, 2.75) is 23.6 Å². The van der Waals surface area contributed by atoms with Crippen LogP contribution < -0.4 is 0 Å². The molecule has 1 aliphatic rings. The molecule has 0 aromatic carbocycles. The van der Waals surface area contributed by atoms with Gasteiger partial charge in [0.15, 0.2) is 0 Å². The molecule has 0 fully saturated rings. The summed E-state index contributed by atoms with van der Waals surface area (Å²) in [6, 6.07) is 0. The Labute approximate surface area is 97.7 Å². The second-order valence-corrected chi connectivity index (χ2v) is 7.54. The molecule has 1 aliphatic heterocycles. The van der Waals surface area contributed by atoms with Crippen LogP contribution in [-0.4, -0.2) is 8.66 Å². The zero-order valence-corrected chi connectivity index (χ0v) is 11.8. The van der Waals surface area contributed by atoms with Crippen LogP contribution in [0, 0.1) is 0 Å². The van der Waals surface area contributed by atoms with E-state index in [1.807, 2.05) is 0 Å². The topological polar surface area (TPSA) is 0 Å². The first-order valence-electron chi connectivity index (χ1n) is 3.02. The molecule has 0 radical (unpaired) electrons. The quantitative estimate of drug-likeness (QED) is 0.601. The van der Waals surface area contributed by atoms with Crippen LogP contribution in [-0.2, 0) is 24.7 Å². The molecular formula is C7H12Cl2PZr. The minimum absolute atomic E-state index is 0. The molecule has 1 unspecified atom stereocenters. The molecule has 0 nitrogen and oxygen atoms in total. The molecule has 1 rings (SSSR count). The SMILES string of the molecule is CC1=C(C)[C](C)([Zr])P=C1.Cl.Cl. The number of hydrogen-bond donors (Lipinski definition) is 0. The van der Waals surface area contributed by atoms with Gasteiger partial charge in [0.2, 0.25) is 0 Å². The molecule has 1 atom stereocenters. The molecule has 0 saturated heterocycles. The maximum atomic E-state index is 2.33. The van der Waals surface area contributed by atoms with Crippen LogP contribution in [0.4, 0.5) is 0 Å². The minimum Gasteiger partial charge on any atom is -0.147 e. The van der Waals surface area contributed by atoms with Gasteiger partial charge in [-0.25, -0.2) is 0 Å². The van der Waals surface area contributed by atoms with E-state index in [1.54, 1.807) is 30.3 Å². The van der Waals surface area contributed by atoms with Crippen LogP contribution in [0.1, 0.15) is 20.8 Å². The molecule has 0 amide bonds. The molecule has 0 aromatic rings. The fourth-order valence-electron chi connectivity index (χ4n) is 0.804. The molecule has 0 spiro atoms. The monoisotopic (exact) mass is 287 g/mol. The Balaban J connectivity index is 0. The Bertz CT molecular complexity index is 197. The predicted octanol–water partition coefficient (Wildman–Crippen LogP) is 3.19. The maximum absolute atomic E-state index is 2.33. The fourth-order valence-corrected chi connectivity index (χ4v) is 2.78. The van der Waals surface area contributed by atoms with Gasteiger partial charge in [-0.1, -0.05) is 0 Å². The maximum Gasteiger partial charge on any atom is -0.147 e. The summed E-state index contributed by atoms with van der Waals surface area (Å²) in [6.45, 7) is 6.79. The molecule has 0 N–H and O–H groups in total. The molecule has 4 heteroatoms. The number of hydrogen-bond acceptors (Lipinski definition) is 0. The van der Waals surface area contributed by atoms with Crippen molar-refractivity contribution in [3.63, 3.8) is 0 Å². The second kappa shape index (κ2) is 5.18. The average Bonchev–Trinajstić information content (AvgIpc) is 1.97. The molecule has 0 saturated carbocycles. The van der Waals surface area contributed by atoms with Gasteiger partial charge >= 0.3 is 73.5 Å². The third-order valence-corrected chi connectivity index (χ3v) is 5.08. The number of rotatable bonds is 0. The predicted molar refractivity (Wildman–Crippen MR) is 54.3 cm³/mol. The zero-order chi connectivity index (χ0) is 7.07. The normalized spacial score (nSPS) is 29.3. The Hall–Kier alpha value is 1.37. The minimum atomic E-state index is 0. The largest absolute Gasteiger partial charge is 0.147 e. The summed E-state index contributed by atoms with van der Waals surface area (Å²) < 4.78 is 0.511. The standard InChI is InChI=1S/C7H10P.2ClH.Zr/c1-5-4-8-7(3)6(5)2;;;/h4H,1-3H3;2*1H;. The summed E-state index contributed by atoms with van der Waals surface area (Å²) >= 11 is 1.64. The van der Waals surface area contributed by atoms with Gasteiger partial charge in [0.25, 0.3) is 0 Å². The van der Waals surface area contributed by atoms with Gasteiger partial charge in [0.1, 0.15) is 0 Å². The van der Waals surface area contributed by atoms with Crippen LogP contribution in [0.3, 0.4) is 0 Å². The van der Waals surface area contributed by atoms with Crippen molar-refractivity contribution in [1.82, 2.24) is 0 Å².